The Morgan fingerprint density at radius 3 is 2.73 bits per heavy atom. The maximum Gasteiger partial charge on any atom is 0.337 e. The number of hydrogen-bond donors (Lipinski definition) is 0. The largest absolute Gasteiger partial charge is 0.465 e. The second-order valence-corrected chi connectivity index (χ2v) is 5.95. The lowest BCUT2D eigenvalue weighted by Crippen LogP contribution is -2.29. The van der Waals surface area contributed by atoms with Gasteiger partial charge in [-0.1, -0.05) is 18.2 Å². The number of aromatic nitrogens is 1. The zero-order valence-corrected chi connectivity index (χ0v) is 14.1. The monoisotopic (exact) mass is 348 g/mol. The molecule has 0 aliphatic carbocycles. The molecule has 1 aromatic heterocycles. The van der Waals surface area contributed by atoms with E-state index in [1.54, 1.807) is 23.1 Å². The summed E-state index contributed by atoms with van der Waals surface area (Å²) in [5, 5.41) is 0. The minimum absolute atomic E-state index is 0.222. The van der Waals surface area contributed by atoms with Gasteiger partial charge in [0.15, 0.2) is 5.69 Å². The molecule has 0 saturated carbocycles. The first-order valence-corrected chi connectivity index (χ1v) is 8.21. The van der Waals surface area contributed by atoms with Crippen LogP contribution < -0.4 is 4.90 Å². The number of fused-ring (bicyclic) bond motifs is 1. The van der Waals surface area contributed by atoms with Crippen LogP contribution in [0.2, 0.25) is 0 Å². The molecule has 0 fully saturated rings. The molecule has 0 saturated heterocycles. The van der Waals surface area contributed by atoms with Gasteiger partial charge in [0.2, 0.25) is 5.89 Å². The molecule has 26 heavy (non-hydrogen) atoms. The van der Waals surface area contributed by atoms with E-state index in [2.05, 4.69) is 4.98 Å². The number of ether oxygens (including phenoxy) is 1. The van der Waals surface area contributed by atoms with Crippen molar-refractivity contribution in [3.63, 3.8) is 0 Å². The molecule has 0 unspecified atom stereocenters. The third-order valence-electron chi connectivity index (χ3n) is 4.39. The summed E-state index contributed by atoms with van der Waals surface area (Å²) in [4.78, 5) is 30.5. The molecule has 1 amide bonds. The van der Waals surface area contributed by atoms with Crippen LogP contribution in [-0.4, -0.2) is 30.5 Å². The zero-order valence-electron chi connectivity index (χ0n) is 14.1. The van der Waals surface area contributed by atoms with Crippen molar-refractivity contribution >= 4 is 17.6 Å². The number of carbonyl (C=O) groups is 2. The molecule has 2 aromatic carbocycles. The third-order valence-corrected chi connectivity index (χ3v) is 4.39. The van der Waals surface area contributed by atoms with Crippen molar-refractivity contribution in [2.75, 3.05) is 18.6 Å². The lowest BCUT2D eigenvalue weighted by atomic mass is 10.1. The number of amides is 1. The lowest BCUT2D eigenvalue weighted by Gasteiger charge is -2.15. The fourth-order valence-electron chi connectivity index (χ4n) is 3.08. The van der Waals surface area contributed by atoms with Crippen molar-refractivity contribution < 1.29 is 18.7 Å². The van der Waals surface area contributed by atoms with E-state index in [4.69, 9.17) is 9.15 Å². The first kappa shape index (κ1) is 16.1. The van der Waals surface area contributed by atoms with Gasteiger partial charge < -0.3 is 14.1 Å². The molecule has 6 heteroatoms. The number of anilines is 1. The Morgan fingerprint density at radius 2 is 1.96 bits per heavy atom. The highest BCUT2D eigenvalue weighted by atomic mass is 16.5. The van der Waals surface area contributed by atoms with Gasteiger partial charge in [-0.15, -0.1) is 0 Å². The van der Waals surface area contributed by atoms with Crippen LogP contribution in [0.25, 0.3) is 11.5 Å². The number of methoxy groups -OCH3 is 1. The molecule has 1 aliphatic heterocycles. The van der Waals surface area contributed by atoms with Crippen LogP contribution in [0.4, 0.5) is 5.69 Å². The van der Waals surface area contributed by atoms with Gasteiger partial charge in [-0.2, -0.15) is 0 Å². The summed E-state index contributed by atoms with van der Waals surface area (Å²) in [5.74, 6) is -0.198. The molecule has 0 atom stereocenters. The van der Waals surface area contributed by atoms with Crippen LogP contribution in [0, 0.1) is 0 Å². The SMILES string of the molecule is COC(=O)c1ccc2c(c1)CCN2C(=O)c1coc(-c2ccccc2)n1. The van der Waals surface area contributed by atoms with Gasteiger partial charge in [-0.25, -0.2) is 9.78 Å². The minimum atomic E-state index is -0.387. The fourth-order valence-corrected chi connectivity index (χ4v) is 3.08. The zero-order chi connectivity index (χ0) is 18.1. The summed E-state index contributed by atoms with van der Waals surface area (Å²) in [6.45, 7) is 0.534. The van der Waals surface area contributed by atoms with Crippen molar-refractivity contribution in [1.82, 2.24) is 4.98 Å². The first-order valence-electron chi connectivity index (χ1n) is 8.21. The maximum atomic E-state index is 12.8. The van der Waals surface area contributed by atoms with Crippen LogP contribution in [0.1, 0.15) is 26.4 Å². The molecule has 3 aromatic rings. The van der Waals surface area contributed by atoms with E-state index in [0.717, 1.165) is 16.8 Å². The summed E-state index contributed by atoms with van der Waals surface area (Å²) in [5.41, 5.74) is 3.28. The van der Waals surface area contributed by atoms with E-state index >= 15 is 0 Å². The molecule has 2 heterocycles. The van der Waals surface area contributed by atoms with Gasteiger partial charge >= 0.3 is 5.97 Å². The number of hydrogen-bond acceptors (Lipinski definition) is 5. The van der Waals surface area contributed by atoms with Crippen molar-refractivity contribution in [1.29, 1.82) is 0 Å². The Balaban J connectivity index is 1.60. The van der Waals surface area contributed by atoms with Gasteiger partial charge in [0.05, 0.1) is 12.7 Å². The molecular weight excluding hydrogens is 332 g/mol. The van der Waals surface area contributed by atoms with Crippen molar-refractivity contribution in [2.24, 2.45) is 0 Å². The van der Waals surface area contributed by atoms with Gasteiger partial charge in [-0.05, 0) is 42.3 Å². The van der Waals surface area contributed by atoms with Gasteiger partial charge in [0.1, 0.15) is 6.26 Å². The Morgan fingerprint density at radius 1 is 1.15 bits per heavy atom. The second kappa shape index (κ2) is 6.48. The summed E-state index contributed by atoms with van der Waals surface area (Å²) < 4.78 is 10.2. The summed E-state index contributed by atoms with van der Waals surface area (Å²) in [6.07, 6.45) is 2.06. The van der Waals surface area contributed by atoms with Crippen LogP contribution >= 0.6 is 0 Å². The molecule has 4 rings (SSSR count). The second-order valence-electron chi connectivity index (χ2n) is 5.95. The van der Waals surface area contributed by atoms with Crippen molar-refractivity contribution in [3.05, 3.63) is 71.6 Å². The summed E-state index contributed by atoms with van der Waals surface area (Å²) in [6, 6.07) is 14.6. The average molecular weight is 348 g/mol. The quantitative estimate of drug-likeness (QED) is 0.679. The first-order chi connectivity index (χ1) is 12.7. The Labute approximate surface area is 150 Å². The summed E-state index contributed by atoms with van der Waals surface area (Å²) >= 11 is 0. The summed E-state index contributed by atoms with van der Waals surface area (Å²) in [7, 11) is 1.35. The Hall–Kier alpha value is -3.41. The highest BCUT2D eigenvalue weighted by Gasteiger charge is 2.28. The van der Waals surface area contributed by atoms with Gasteiger partial charge in [0.25, 0.3) is 5.91 Å². The molecule has 0 bridgehead atoms. The highest BCUT2D eigenvalue weighted by molar-refractivity contribution is 6.06. The molecule has 0 spiro atoms. The molecule has 1 aliphatic rings. The minimum Gasteiger partial charge on any atom is -0.465 e. The number of nitrogens with zero attached hydrogens (tertiary/aromatic N) is 2. The Bertz CT molecular complexity index is 978. The topological polar surface area (TPSA) is 72.6 Å². The van der Waals surface area contributed by atoms with E-state index in [1.165, 1.54) is 13.4 Å². The van der Waals surface area contributed by atoms with Crippen LogP contribution in [-0.2, 0) is 11.2 Å². The Kier molecular flexibility index (Phi) is 4.01. The number of oxazole rings is 1. The number of carbonyl (C=O) groups excluding carboxylic acids is 2. The van der Waals surface area contributed by atoms with E-state index in [9.17, 15) is 9.59 Å². The lowest BCUT2D eigenvalue weighted by molar-refractivity contribution is 0.0600. The van der Waals surface area contributed by atoms with E-state index < -0.39 is 0 Å². The molecule has 0 N–H and O–H groups in total. The van der Waals surface area contributed by atoms with Crippen LogP contribution in [0.3, 0.4) is 0 Å². The van der Waals surface area contributed by atoms with Crippen LogP contribution in [0.5, 0.6) is 0 Å². The standard InChI is InChI=1S/C20H16N2O4/c1-25-20(24)15-7-8-17-14(11-15)9-10-22(17)19(23)16-12-26-18(21-16)13-5-3-2-4-6-13/h2-8,11-12H,9-10H2,1H3. The van der Waals surface area contributed by atoms with Crippen LogP contribution in [0.15, 0.2) is 59.2 Å². The molecular formula is C20H16N2O4. The maximum absolute atomic E-state index is 12.8. The molecule has 6 nitrogen and oxygen atoms in total. The number of benzene rings is 2. The number of rotatable bonds is 3. The molecule has 0 radical (unpaired) electrons. The normalized spacial score (nSPS) is 12.7. The predicted octanol–water partition coefficient (Wildman–Crippen LogP) is 3.33. The highest BCUT2D eigenvalue weighted by Crippen LogP contribution is 2.30. The average Bonchev–Trinajstić information content (AvgIpc) is 3.34. The fraction of sp³-hybridized carbons (Fsp3) is 0.150. The number of esters is 1. The predicted molar refractivity (Wildman–Crippen MR) is 95.1 cm³/mol. The van der Waals surface area contributed by atoms with E-state index in [1.807, 2.05) is 30.3 Å². The van der Waals surface area contributed by atoms with Crippen molar-refractivity contribution in [3.8, 4) is 11.5 Å². The van der Waals surface area contributed by atoms with Gasteiger partial charge in [-0.3, -0.25) is 4.79 Å². The molecule has 130 valence electrons. The van der Waals surface area contributed by atoms with Crippen molar-refractivity contribution in [2.45, 2.75) is 6.42 Å². The van der Waals surface area contributed by atoms with E-state index in [-0.39, 0.29) is 17.6 Å². The van der Waals surface area contributed by atoms with Gasteiger partial charge in [0, 0.05) is 17.8 Å². The smallest absolute Gasteiger partial charge is 0.337 e. The third kappa shape index (κ3) is 2.75. The van der Waals surface area contributed by atoms with E-state index in [0.29, 0.717) is 24.4 Å².